The summed E-state index contributed by atoms with van der Waals surface area (Å²) in [6.07, 6.45) is 0. The average molecular weight is 779 g/mol. The van der Waals surface area contributed by atoms with Gasteiger partial charge in [-0.05, 0) is 85.6 Å². The number of benzene rings is 4. The van der Waals surface area contributed by atoms with Crippen molar-refractivity contribution in [1.29, 1.82) is 0 Å². The molecule has 54 heavy (non-hydrogen) atoms. The Morgan fingerprint density at radius 2 is 1.07 bits per heavy atom. The van der Waals surface area contributed by atoms with Crippen LogP contribution in [0.15, 0.2) is 127 Å². The number of carboxylic acid groups (broad SMARTS) is 2. The van der Waals surface area contributed by atoms with Crippen LogP contribution in [-0.2, 0) is 29.1 Å². The van der Waals surface area contributed by atoms with E-state index in [0.29, 0.717) is 17.6 Å². The number of rotatable bonds is 15. The van der Waals surface area contributed by atoms with Crippen molar-refractivity contribution in [1.82, 2.24) is 0 Å². The van der Waals surface area contributed by atoms with E-state index < -0.39 is 44.5 Å². The lowest BCUT2D eigenvalue weighted by atomic mass is 10.0. The number of hydrogen-bond donors (Lipinski definition) is 4. The number of carbonyl (C=O) groups excluding carboxylic acids is 2. The van der Waals surface area contributed by atoms with Gasteiger partial charge >= 0.3 is 23.9 Å². The molecule has 18 nitrogen and oxygen atoms in total. The molecule has 0 unspecified atom stereocenters. The normalized spacial score (nSPS) is 11.4. The Labute approximate surface area is 309 Å². The van der Waals surface area contributed by atoms with Gasteiger partial charge in [0.1, 0.15) is 39.1 Å². The van der Waals surface area contributed by atoms with Gasteiger partial charge in [-0.2, -0.15) is 8.42 Å². The fourth-order valence-corrected chi connectivity index (χ4v) is 5.28. The van der Waals surface area contributed by atoms with Crippen LogP contribution in [0.25, 0.3) is 11.1 Å². The molecule has 0 saturated heterocycles. The van der Waals surface area contributed by atoms with Gasteiger partial charge in [-0.25, -0.2) is 24.4 Å². The van der Waals surface area contributed by atoms with Crippen molar-refractivity contribution < 1.29 is 66.5 Å². The lowest BCUT2D eigenvalue weighted by Gasteiger charge is -2.10. The van der Waals surface area contributed by atoms with Crippen molar-refractivity contribution in [3.05, 3.63) is 108 Å². The van der Waals surface area contributed by atoms with E-state index in [0.717, 1.165) is 18.2 Å². The van der Waals surface area contributed by atoms with Gasteiger partial charge in [-0.3, -0.25) is 4.55 Å². The molecular weight excluding hydrogens is 753 g/mol. The minimum absolute atomic E-state index is 0.0602. The van der Waals surface area contributed by atoms with Gasteiger partial charge < -0.3 is 19.7 Å². The van der Waals surface area contributed by atoms with Gasteiger partial charge in [0.2, 0.25) is 0 Å². The first-order chi connectivity index (χ1) is 25.5. The minimum Gasteiger partial charge on any atom is -0.478 e. The third-order valence-electron chi connectivity index (χ3n) is 6.73. The summed E-state index contributed by atoms with van der Waals surface area (Å²) in [5.74, 6) is -4.62. The monoisotopic (exact) mass is 778 g/mol. The first-order valence-electron chi connectivity index (χ1n) is 14.7. The van der Waals surface area contributed by atoms with E-state index in [1.165, 1.54) is 68.4 Å². The highest BCUT2D eigenvalue weighted by atomic mass is 32.2. The van der Waals surface area contributed by atoms with Crippen LogP contribution in [0.4, 0.5) is 22.7 Å². The third-order valence-corrected chi connectivity index (χ3v) is 8.25. The van der Waals surface area contributed by atoms with E-state index in [4.69, 9.17) is 14.7 Å². The molecule has 0 bridgehead atoms. The maximum atomic E-state index is 12.4. The number of esters is 2. The summed E-state index contributed by atoms with van der Waals surface area (Å²) in [4.78, 5) is 46.9. The Hall–Kier alpha value is -6.42. The maximum Gasteiger partial charge on any atom is 0.338 e. The molecule has 20 heteroatoms. The minimum atomic E-state index is -4.95. The van der Waals surface area contributed by atoms with Crippen molar-refractivity contribution in [2.75, 3.05) is 0 Å². The lowest BCUT2D eigenvalue weighted by Crippen LogP contribution is -2.09. The quantitative estimate of drug-likeness (QED) is 0.0129. The molecule has 4 N–H and O–H groups in total. The van der Waals surface area contributed by atoms with Gasteiger partial charge in [0, 0.05) is 11.1 Å². The van der Waals surface area contributed by atoms with E-state index in [-0.39, 0.29) is 61.4 Å². The van der Waals surface area contributed by atoms with E-state index >= 15 is 0 Å². The summed E-state index contributed by atoms with van der Waals surface area (Å²) in [5, 5.41) is 47.6. The molecular formula is C34H26N4O14S2. The van der Waals surface area contributed by atoms with Gasteiger partial charge in [0.05, 0.1) is 28.1 Å². The zero-order valence-corrected chi connectivity index (χ0v) is 29.5. The second-order valence-corrected chi connectivity index (χ2v) is 12.9. The predicted octanol–water partition coefficient (Wildman–Crippen LogP) is 8.22. The molecule has 0 fully saturated rings. The summed E-state index contributed by atoms with van der Waals surface area (Å²) in [6.45, 7) is 9.73. The van der Waals surface area contributed by atoms with E-state index in [1.54, 1.807) is 0 Å². The smallest absolute Gasteiger partial charge is 0.338 e. The molecule has 0 heterocycles. The molecule has 0 aliphatic rings. The second-order valence-electron chi connectivity index (χ2n) is 10.8. The molecule has 0 spiro atoms. The molecule has 0 aromatic heterocycles. The van der Waals surface area contributed by atoms with Gasteiger partial charge in [-0.1, -0.05) is 30.3 Å². The van der Waals surface area contributed by atoms with Crippen LogP contribution in [0.1, 0.15) is 34.6 Å². The number of azo groups is 2. The van der Waals surface area contributed by atoms with Crippen molar-refractivity contribution in [3.8, 4) is 22.6 Å². The molecule has 0 amide bonds. The van der Waals surface area contributed by atoms with Gasteiger partial charge in [-0.15, -0.1) is 24.8 Å². The highest BCUT2D eigenvalue weighted by molar-refractivity contribution is 7.94. The first kappa shape index (κ1) is 40.4. The fourth-order valence-electron chi connectivity index (χ4n) is 4.16. The van der Waals surface area contributed by atoms with E-state index in [1.807, 2.05) is 0 Å². The zero-order valence-electron chi connectivity index (χ0n) is 27.8. The molecule has 278 valence electrons. The molecule has 0 atom stereocenters. The third kappa shape index (κ3) is 10.3. The Morgan fingerprint density at radius 1 is 0.648 bits per heavy atom. The second kappa shape index (κ2) is 17.4. The van der Waals surface area contributed by atoms with Crippen LogP contribution >= 0.6 is 12.0 Å². The van der Waals surface area contributed by atoms with Crippen LogP contribution in [0.3, 0.4) is 0 Å². The molecule has 4 rings (SSSR count). The topological polar surface area (TPSA) is 270 Å². The Morgan fingerprint density at radius 3 is 1.52 bits per heavy atom. The lowest BCUT2D eigenvalue weighted by molar-refractivity contribution is -0.432. The summed E-state index contributed by atoms with van der Waals surface area (Å²) < 4.78 is 49.6. The first-order valence-corrected chi connectivity index (χ1v) is 16.9. The summed E-state index contributed by atoms with van der Waals surface area (Å²) in [7, 11) is -4.95. The average Bonchev–Trinajstić information content (AvgIpc) is 3.12. The standard InChI is InChI=1S/C34H26N4O14S2/c1-17(2)33(43)49-21-7-11-25(23(15-21)31(39)40)35-37-27-9-5-19(13-29(27)53-52-51-45)20-6-10-28(30(14-20)54(46,47)48)38-36-26-12-8-22(16-24(26)32(41)42)50-34(44)18(3)4/h5-16,45H,1,3H2,2,4H3,(H,39,40)(H,41,42)(H,46,47,48). The fraction of sp³-hybridized carbons (Fsp3) is 0.0588. The van der Waals surface area contributed by atoms with Crippen LogP contribution in [0, 0.1) is 0 Å². The Bertz CT molecular complexity index is 2380. The highest BCUT2D eigenvalue weighted by Gasteiger charge is 2.20. The van der Waals surface area contributed by atoms with Crippen LogP contribution in [0.2, 0.25) is 0 Å². The summed E-state index contributed by atoms with van der Waals surface area (Å²) in [6, 6.07) is 14.9. The molecule has 0 aliphatic heterocycles. The van der Waals surface area contributed by atoms with Crippen molar-refractivity contribution in [2.24, 2.45) is 20.5 Å². The summed E-state index contributed by atoms with van der Waals surface area (Å²) >= 11 is 0.452. The number of nitrogens with zero attached hydrogens (tertiary/aromatic N) is 4. The Balaban J connectivity index is 1.69. The number of ether oxygens (including phenoxy) is 2. The summed E-state index contributed by atoms with van der Waals surface area (Å²) in [5.41, 5.74) is -0.818. The number of carboxylic acids is 2. The van der Waals surface area contributed by atoms with Crippen molar-refractivity contribution in [3.63, 3.8) is 0 Å². The molecule has 0 radical (unpaired) electrons. The van der Waals surface area contributed by atoms with Crippen LogP contribution in [0.5, 0.6) is 11.5 Å². The number of carbonyl (C=O) groups is 4. The molecule has 0 aliphatic carbocycles. The van der Waals surface area contributed by atoms with Gasteiger partial charge in [0.15, 0.2) is 0 Å². The van der Waals surface area contributed by atoms with Gasteiger partial charge in [0.25, 0.3) is 10.1 Å². The van der Waals surface area contributed by atoms with E-state index in [9.17, 15) is 42.4 Å². The maximum absolute atomic E-state index is 12.4. The largest absolute Gasteiger partial charge is 0.478 e. The SMILES string of the molecule is C=C(C)C(=O)Oc1ccc(N=Nc2ccc(-c3ccc(N=Nc4ccc(OC(=O)C(=C)C)cc4C(=O)O)c(S(=O)(=O)O)c3)cc2SOOO)c(C(=O)O)c1. The molecule has 0 saturated carbocycles. The zero-order chi connectivity index (χ0) is 39.7. The van der Waals surface area contributed by atoms with E-state index in [2.05, 4.69) is 43.0 Å². The van der Waals surface area contributed by atoms with Crippen LogP contribution < -0.4 is 9.47 Å². The van der Waals surface area contributed by atoms with Crippen LogP contribution in [-0.4, -0.2) is 52.3 Å². The number of aromatic carboxylic acids is 2. The number of hydrogen-bond acceptors (Lipinski definition) is 16. The van der Waals surface area contributed by atoms with Crippen molar-refractivity contribution >= 4 is 68.8 Å². The molecule has 4 aromatic rings. The Kier molecular flexibility index (Phi) is 13.0. The van der Waals surface area contributed by atoms with Crippen molar-refractivity contribution in [2.45, 2.75) is 23.6 Å². The predicted molar refractivity (Wildman–Crippen MR) is 188 cm³/mol. The molecule has 4 aromatic carbocycles. The highest BCUT2D eigenvalue weighted by Crippen LogP contribution is 2.38.